The lowest BCUT2D eigenvalue weighted by Crippen LogP contribution is -2.33. The van der Waals surface area contributed by atoms with Crippen LogP contribution in [0, 0.1) is 17.8 Å². The maximum atomic E-state index is 11.3. The number of esters is 2. The quantitative estimate of drug-likeness (QED) is 0.731. The summed E-state index contributed by atoms with van der Waals surface area (Å²) < 4.78 is 22.2. The maximum absolute atomic E-state index is 11.3. The van der Waals surface area contributed by atoms with Crippen LogP contribution in [0.1, 0.15) is 33.1 Å². The lowest BCUT2D eigenvalue weighted by atomic mass is 9.91. The summed E-state index contributed by atoms with van der Waals surface area (Å²) in [6.07, 6.45) is 2.26. The third-order valence-electron chi connectivity index (χ3n) is 4.90. The average molecular weight is 298 g/mol. The highest BCUT2D eigenvalue weighted by Gasteiger charge is 2.57. The fourth-order valence-electron chi connectivity index (χ4n) is 4.19. The van der Waals surface area contributed by atoms with Gasteiger partial charge in [-0.2, -0.15) is 0 Å². The Bertz CT molecular complexity index is 428. The van der Waals surface area contributed by atoms with Gasteiger partial charge in [0.2, 0.25) is 0 Å². The van der Waals surface area contributed by atoms with Gasteiger partial charge in [-0.3, -0.25) is 9.59 Å². The summed E-state index contributed by atoms with van der Waals surface area (Å²) in [5, 5.41) is 0. The van der Waals surface area contributed by atoms with Gasteiger partial charge in [-0.15, -0.1) is 0 Å². The molecule has 3 fully saturated rings. The molecule has 118 valence electrons. The van der Waals surface area contributed by atoms with Crippen molar-refractivity contribution in [3.63, 3.8) is 0 Å². The van der Waals surface area contributed by atoms with Crippen molar-refractivity contribution >= 4 is 11.9 Å². The molecule has 0 radical (unpaired) electrons. The van der Waals surface area contributed by atoms with Crippen LogP contribution in [0.2, 0.25) is 0 Å². The molecule has 1 aliphatic heterocycles. The van der Waals surface area contributed by atoms with Crippen molar-refractivity contribution in [2.24, 2.45) is 17.8 Å². The molecule has 0 bridgehead atoms. The van der Waals surface area contributed by atoms with Gasteiger partial charge in [0.05, 0.1) is 19.8 Å². The second-order valence-corrected chi connectivity index (χ2v) is 6.29. The van der Waals surface area contributed by atoms with E-state index in [1.807, 2.05) is 0 Å². The first-order valence-corrected chi connectivity index (χ1v) is 7.57. The molecular weight excluding hydrogens is 276 g/mol. The predicted octanol–water partition coefficient (Wildman–Crippen LogP) is 1.27. The molecular formula is C15H22O6. The Labute approximate surface area is 124 Å². The fraction of sp³-hybridized carbons (Fsp3) is 0.867. The minimum absolute atomic E-state index is 0.0370. The molecule has 0 aromatic heterocycles. The largest absolute Gasteiger partial charge is 0.465 e. The van der Waals surface area contributed by atoms with Gasteiger partial charge in [0, 0.05) is 32.6 Å². The predicted molar refractivity (Wildman–Crippen MR) is 71.1 cm³/mol. The van der Waals surface area contributed by atoms with Crippen LogP contribution in [0.3, 0.4) is 0 Å². The second-order valence-electron chi connectivity index (χ2n) is 6.29. The van der Waals surface area contributed by atoms with Gasteiger partial charge in [-0.1, -0.05) is 0 Å². The molecule has 3 rings (SSSR count). The molecule has 0 aromatic carbocycles. The Morgan fingerprint density at radius 2 is 1.86 bits per heavy atom. The van der Waals surface area contributed by atoms with Gasteiger partial charge in [-0.25, -0.2) is 0 Å². The zero-order chi connectivity index (χ0) is 15.0. The van der Waals surface area contributed by atoms with E-state index in [0.717, 1.165) is 19.3 Å². The summed E-state index contributed by atoms with van der Waals surface area (Å²) in [6, 6.07) is 0. The molecule has 0 N–H and O–H groups in total. The minimum Gasteiger partial charge on any atom is -0.465 e. The fourth-order valence-corrected chi connectivity index (χ4v) is 4.19. The molecule has 0 aromatic rings. The Hall–Kier alpha value is -1.14. The summed E-state index contributed by atoms with van der Waals surface area (Å²) in [6.45, 7) is 4.39. The Kier molecular flexibility index (Phi) is 3.92. The number of hydrogen-bond acceptors (Lipinski definition) is 6. The Morgan fingerprint density at radius 3 is 2.48 bits per heavy atom. The van der Waals surface area contributed by atoms with E-state index >= 15 is 0 Å². The maximum Gasteiger partial charge on any atom is 0.302 e. The van der Waals surface area contributed by atoms with E-state index in [4.69, 9.17) is 18.9 Å². The molecule has 1 heterocycles. The number of hydrogen-bond donors (Lipinski definition) is 0. The van der Waals surface area contributed by atoms with E-state index < -0.39 is 5.79 Å². The molecule has 0 unspecified atom stereocenters. The molecule has 4 atom stereocenters. The van der Waals surface area contributed by atoms with Crippen LogP contribution in [-0.2, 0) is 28.5 Å². The van der Waals surface area contributed by atoms with Gasteiger partial charge < -0.3 is 18.9 Å². The number of ether oxygens (including phenoxy) is 4. The molecule has 0 amide bonds. The number of carbonyl (C=O) groups excluding carboxylic acids is 2. The molecule has 2 saturated carbocycles. The highest BCUT2D eigenvalue weighted by molar-refractivity contribution is 5.66. The minimum atomic E-state index is -0.453. The van der Waals surface area contributed by atoms with Crippen LogP contribution in [-0.4, -0.2) is 43.7 Å². The van der Waals surface area contributed by atoms with Crippen LogP contribution < -0.4 is 0 Å². The molecule has 1 spiro atoms. The number of fused-ring (bicyclic) bond motifs is 1. The summed E-state index contributed by atoms with van der Waals surface area (Å²) in [4.78, 5) is 22.4. The molecule has 3 aliphatic rings. The van der Waals surface area contributed by atoms with E-state index in [1.165, 1.54) is 13.8 Å². The van der Waals surface area contributed by atoms with Gasteiger partial charge in [0.1, 0.15) is 6.10 Å². The van der Waals surface area contributed by atoms with Crippen molar-refractivity contribution in [3.8, 4) is 0 Å². The van der Waals surface area contributed by atoms with Crippen molar-refractivity contribution < 1.29 is 28.5 Å². The highest BCUT2D eigenvalue weighted by atomic mass is 16.7. The van der Waals surface area contributed by atoms with Gasteiger partial charge in [0.15, 0.2) is 5.79 Å². The molecule has 1 saturated heterocycles. The Morgan fingerprint density at radius 1 is 1.14 bits per heavy atom. The first-order chi connectivity index (χ1) is 9.99. The van der Waals surface area contributed by atoms with Gasteiger partial charge >= 0.3 is 11.9 Å². The lowest BCUT2D eigenvalue weighted by molar-refractivity contribution is -0.164. The van der Waals surface area contributed by atoms with Gasteiger partial charge in [-0.05, 0) is 18.3 Å². The van der Waals surface area contributed by atoms with Crippen LogP contribution in [0.5, 0.6) is 0 Å². The van der Waals surface area contributed by atoms with Crippen LogP contribution in [0.25, 0.3) is 0 Å². The topological polar surface area (TPSA) is 71.1 Å². The molecule has 6 nitrogen and oxygen atoms in total. The number of rotatable bonds is 3. The first kappa shape index (κ1) is 14.8. The normalized spacial score (nSPS) is 36.7. The average Bonchev–Trinajstić information content (AvgIpc) is 3.03. The van der Waals surface area contributed by atoms with E-state index in [9.17, 15) is 9.59 Å². The summed E-state index contributed by atoms with van der Waals surface area (Å²) in [7, 11) is 0. The van der Waals surface area contributed by atoms with Crippen molar-refractivity contribution in [1.29, 1.82) is 0 Å². The molecule has 2 aliphatic carbocycles. The van der Waals surface area contributed by atoms with Crippen molar-refractivity contribution in [2.45, 2.75) is 45.0 Å². The standard InChI is InChI=1S/C15H22O6/c1-9(16)18-8-13-12-7-15(19-3-4-20-15)6-11(12)5-14(13)21-10(2)17/h11-14H,3-8H2,1-2H3/t11-,12+,13-,14-/m1/s1. The smallest absolute Gasteiger partial charge is 0.302 e. The van der Waals surface area contributed by atoms with Crippen LogP contribution in [0.15, 0.2) is 0 Å². The van der Waals surface area contributed by atoms with E-state index in [0.29, 0.717) is 31.7 Å². The van der Waals surface area contributed by atoms with Crippen LogP contribution >= 0.6 is 0 Å². The van der Waals surface area contributed by atoms with Crippen molar-refractivity contribution in [3.05, 3.63) is 0 Å². The first-order valence-electron chi connectivity index (χ1n) is 7.57. The summed E-state index contributed by atoms with van der Waals surface area (Å²) >= 11 is 0. The zero-order valence-corrected chi connectivity index (χ0v) is 12.5. The third-order valence-corrected chi connectivity index (χ3v) is 4.90. The lowest BCUT2D eigenvalue weighted by Gasteiger charge is -2.27. The monoisotopic (exact) mass is 298 g/mol. The van der Waals surface area contributed by atoms with E-state index in [-0.39, 0.29) is 24.0 Å². The SMILES string of the molecule is CC(=O)OC[C@@H]1[C@H]2CC3(C[C@H]2C[C@H]1OC(C)=O)OCCO3. The molecule has 6 heteroatoms. The van der Waals surface area contributed by atoms with E-state index in [1.54, 1.807) is 0 Å². The summed E-state index contributed by atoms with van der Waals surface area (Å²) in [5.41, 5.74) is 0. The van der Waals surface area contributed by atoms with Crippen LogP contribution in [0.4, 0.5) is 0 Å². The van der Waals surface area contributed by atoms with Crippen molar-refractivity contribution in [2.75, 3.05) is 19.8 Å². The van der Waals surface area contributed by atoms with E-state index in [2.05, 4.69) is 0 Å². The molecule has 21 heavy (non-hydrogen) atoms. The highest BCUT2D eigenvalue weighted by Crippen LogP contribution is 2.55. The number of carbonyl (C=O) groups is 2. The van der Waals surface area contributed by atoms with Crippen molar-refractivity contribution in [1.82, 2.24) is 0 Å². The second kappa shape index (κ2) is 5.57. The Balaban J connectivity index is 1.70. The van der Waals surface area contributed by atoms with Gasteiger partial charge in [0.25, 0.3) is 0 Å². The third kappa shape index (κ3) is 2.92. The summed E-state index contributed by atoms with van der Waals surface area (Å²) in [5.74, 6) is -0.294. The zero-order valence-electron chi connectivity index (χ0n) is 12.5.